The molecule has 0 atom stereocenters. The average Bonchev–Trinajstić information content (AvgIpc) is 3.43. The summed E-state index contributed by atoms with van der Waals surface area (Å²) < 4.78 is 1.76. The molecule has 0 bridgehead atoms. The number of fused-ring (bicyclic) bond motifs is 1. The van der Waals surface area contributed by atoms with E-state index in [1.54, 1.807) is 16.3 Å². The van der Waals surface area contributed by atoms with E-state index in [-0.39, 0.29) is 12.5 Å². The molecular weight excluding hydrogens is 362 g/mol. The van der Waals surface area contributed by atoms with E-state index in [1.165, 1.54) is 0 Å². The van der Waals surface area contributed by atoms with Gasteiger partial charge in [-0.15, -0.1) is 0 Å². The molecule has 0 radical (unpaired) electrons. The molecule has 1 saturated carbocycles. The van der Waals surface area contributed by atoms with Crippen molar-refractivity contribution < 1.29 is 14.7 Å². The van der Waals surface area contributed by atoms with Crippen LogP contribution < -0.4 is 0 Å². The van der Waals surface area contributed by atoms with Gasteiger partial charge in [0.25, 0.3) is 0 Å². The van der Waals surface area contributed by atoms with Crippen molar-refractivity contribution in [2.45, 2.75) is 63.2 Å². The second-order valence-corrected chi connectivity index (χ2v) is 8.05. The van der Waals surface area contributed by atoms with E-state index < -0.39 is 5.97 Å². The average molecular weight is 390 g/mol. The van der Waals surface area contributed by atoms with Gasteiger partial charge in [0.1, 0.15) is 6.54 Å². The molecule has 146 valence electrons. The number of rotatable bonds is 11. The Kier molecular flexibility index (Phi) is 6.77. The number of carbonyl (C=O) groups is 2. The first-order valence-corrected chi connectivity index (χ1v) is 10.7. The Labute approximate surface area is 163 Å². The Morgan fingerprint density at radius 3 is 2.78 bits per heavy atom. The number of unbranched alkanes of at least 4 members (excludes halogenated alkanes) is 1. The molecule has 1 aromatic carbocycles. The molecule has 1 N–H and O–H groups in total. The Morgan fingerprint density at radius 2 is 2.07 bits per heavy atom. The van der Waals surface area contributed by atoms with Gasteiger partial charge in [-0.05, 0) is 37.8 Å². The summed E-state index contributed by atoms with van der Waals surface area (Å²) in [6.07, 6.45) is 5.78. The normalized spacial score (nSPS) is 13.8. The van der Waals surface area contributed by atoms with Crippen LogP contribution in [0.2, 0.25) is 0 Å². The van der Waals surface area contributed by atoms with E-state index in [9.17, 15) is 14.7 Å². The van der Waals surface area contributed by atoms with Crippen molar-refractivity contribution in [1.29, 1.82) is 0 Å². The number of carboxylic acid groups (broad SMARTS) is 1. The number of amides is 1. The number of benzene rings is 1. The summed E-state index contributed by atoms with van der Waals surface area (Å²) >= 11 is 1.57. The van der Waals surface area contributed by atoms with Gasteiger partial charge in [0, 0.05) is 24.8 Å². The monoisotopic (exact) mass is 389 g/mol. The predicted molar refractivity (Wildman–Crippen MR) is 107 cm³/mol. The third-order valence-electron chi connectivity index (χ3n) is 4.74. The summed E-state index contributed by atoms with van der Waals surface area (Å²) in [6.45, 7) is 2.79. The summed E-state index contributed by atoms with van der Waals surface area (Å²) in [7, 11) is 0. The van der Waals surface area contributed by atoms with Gasteiger partial charge < -0.3 is 14.6 Å². The van der Waals surface area contributed by atoms with E-state index in [1.807, 2.05) is 24.3 Å². The number of carbonyl (C=O) groups excluding carboxylic acids is 1. The lowest BCUT2D eigenvalue weighted by atomic mass is 10.2. The Hall–Kier alpha value is -2.02. The molecular formula is C20H27N3O3S. The van der Waals surface area contributed by atoms with Gasteiger partial charge in [0.05, 0.1) is 11.0 Å². The highest BCUT2D eigenvalue weighted by molar-refractivity contribution is 7.99. The van der Waals surface area contributed by atoms with Crippen LogP contribution in [-0.2, 0) is 16.1 Å². The van der Waals surface area contributed by atoms with Gasteiger partial charge in [0.15, 0.2) is 5.16 Å². The SMILES string of the molecule is CCCCC(=O)N(CCCSc1nc2ccccc2n1CC(=O)O)C1CC1. The van der Waals surface area contributed by atoms with Gasteiger partial charge >= 0.3 is 5.97 Å². The van der Waals surface area contributed by atoms with Crippen LogP contribution in [0.5, 0.6) is 0 Å². The van der Waals surface area contributed by atoms with Crippen molar-refractivity contribution in [3.63, 3.8) is 0 Å². The minimum Gasteiger partial charge on any atom is -0.480 e. The molecule has 7 heteroatoms. The van der Waals surface area contributed by atoms with Crippen LogP contribution in [0.25, 0.3) is 11.0 Å². The first kappa shape index (κ1) is 19.7. The maximum atomic E-state index is 12.4. The lowest BCUT2D eigenvalue weighted by Crippen LogP contribution is -2.34. The fourth-order valence-electron chi connectivity index (χ4n) is 3.22. The number of imidazole rings is 1. The predicted octanol–water partition coefficient (Wildman–Crippen LogP) is 3.78. The lowest BCUT2D eigenvalue weighted by molar-refractivity contribution is -0.137. The van der Waals surface area contributed by atoms with Gasteiger partial charge in [0.2, 0.25) is 5.91 Å². The highest BCUT2D eigenvalue weighted by Crippen LogP contribution is 2.29. The molecule has 1 aromatic heterocycles. The van der Waals surface area contributed by atoms with E-state index in [0.717, 1.165) is 60.6 Å². The molecule has 0 unspecified atom stereocenters. The van der Waals surface area contributed by atoms with Gasteiger partial charge in [-0.2, -0.15) is 0 Å². The van der Waals surface area contributed by atoms with Crippen molar-refractivity contribution in [3.8, 4) is 0 Å². The summed E-state index contributed by atoms with van der Waals surface area (Å²) in [5, 5.41) is 9.94. The van der Waals surface area contributed by atoms with E-state index in [2.05, 4.69) is 16.8 Å². The van der Waals surface area contributed by atoms with Crippen molar-refractivity contribution in [1.82, 2.24) is 14.5 Å². The zero-order chi connectivity index (χ0) is 19.2. The maximum absolute atomic E-state index is 12.4. The zero-order valence-electron chi connectivity index (χ0n) is 15.8. The number of para-hydroxylation sites is 2. The number of nitrogens with zero attached hydrogens (tertiary/aromatic N) is 3. The Balaban J connectivity index is 1.58. The van der Waals surface area contributed by atoms with Crippen LogP contribution in [0.3, 0.4) is 0 Å². The maximum Gasteiger partial charge on any atom is 0.323 e. The molecule has 6 nitrogen and oxygen atoms in total. The number of hydrogen-bond donors (Lipinski definition) is 1. The molecule has 27 heavy (non-hydrogen) atoms. The molecule has 3 rings (SSSR count). The number of carboxylic acids is 1. The van der Waals surface area contributed by atoms with E-state index in [0.29, 0.717) is 12.5 Å². The van der Waals surface area contributed by atoms with Crippen molar-refractivity contribution in [2.75, 3.05) is 12.3 Å². The van der Waals surface area contributed by atoms with Crippen LogP contribution >= 0.6 is 11.8 Å². The zero-order valence-corrected chi connectivity index (χ0v) is 16.6. The van der Waals surface area contributed by atoms with Crippen molar-refractivity contribution >= 4 is 34.7 Å². The van der Waals surface area contributed by atoms with Crippen LogP contribution in [0, 0.1) is 0 Å². The lowest BCUT2D eigenvalue weighted by Gasteiger charge is -2.22. The van der Waals surface area contributed by atoms with E-state index >= 15 is 0 Å². The number of aliphatic carboxylic acids is 1. The minimum atomic E-state index is -0.874. The van der Waals surface area contributed by atoms with Gasteiger partial charge in [-0.1, -0.05) is 37.2 Å². The van der Waals surface area contributed by atoms with Gasteiger partial charge in [-0.3, -0.25) is 9.59 Å². The topological polar surface area (TPSA) is 75.4 Å². The summed E-state index contributed by atoms with van der Waals surface area (Å²) in [6, 6.07) is 8.04. The fraction of sp³-hybridized carbons (Fsp3) is 0.550. The Morgan fingerprint density at radius 1 is 1.30 bits per heavy atom. The fourth-order valence-corrected chi connectivity index (χ4v) is 4.16. The molecule has 1 amide bonds. The largest absolute Gasteiger partial charge is 0.480 e. The second kappa shape index (κ2) is 9.26. The smallest absolute Gasteiger partial charge is 0.323 e. The van der Waals surface area contributed by atoms with E-state index in [4.69, 9.17) is 0 Å². The number of thioether (sulfide) groups is 1. The third-order valence-corrected chi connectivity index (χ3v) is 5.80. The molecule has 0 aliphatic heterocycles. The molecule has 0 spiro atoms. The first-order valence-electron chi connectivity index (χ1n) is 9.69. The molecule has 2 aromatic rings. The minimum absolute atomic E-state index is 0.0907. The van der Waals surface area contributed by atoms with Gasteiger partial charge in [-0.25, -0.2) is 4.98 Å². The second-order valence-electron chi connectivity index (χ2n) is 6.99. The van der Waals surface area contributed by atoms with Crippen LogP contribution in [0.1, 0.15) is 45.4 Å². The molecule has 0 saturated heterocycles. The molecule has 1 heterocycles. The quantitative estimate of drug-likeness (QED) is 0.467. The van der Waals surface area contributed by atoms with Crippen molar-refractivity contribution in [3.05, 3.63) is 24.3 Å². The summed E-state index contributed by atoms with van der Waals surface area (Å²) in [5.74, 6) is 0.219. The molecule has 1 aliphatic carbocycles. The highest BCUT2D eigenvalue weighted by atomic mass is 32.2. The van der Waals surface area contributed by atoms with Crippen molar-refractivity contribution in [2.24, 2.45) is 0 Å². The number of hydrogen-bond acceptors (Lipinski definition) is 4. The summed E-state index contributed by atoms with van der Waals surface area (Å²) in [4.78, 5) is 30.2. The van der Waals surface area contributed by atoms with Crippen LogP contribution in [0.4, 0.5) is 0 Å². The molecule has 1 fully saturated rings. The standard InChI is InChI=1S/C20H27N3O3S/c1-2-3-9-18(24)22(15-10-11-15)12-6-13-27-20-21-16-7-4-5-8-17(16)23(20)14-19(25)26/h4-5,7-8,15H,2-3,6,9-14H2,1H3,(H,25,26). The third kappa shape index (κ3) is 5.25. The van der Waals surface area contributed by atoms with Crippen LogP contribution in [0.15, 0.2) is 29.4 Å². The van der Waals surface area contributed by atoms with Crippen LogP contribution in [-0.4, -0.2) is 49.8 Å². The Bertz CT molecular complexity index is 801. The summed E-state index contributed by atoms with van der Waals surface area (Å²) in [5.41, 5.74) is 1.66. The number of aromatic nitrogens is 2. The highest BCUT2D eigenvalue weighted by Gasteiger charge is 2.31. The molecule has 1 aliphatic rings. The first-order chi connectivity index (χ1) is 13.1.